The van der Waals surface area contributed by atoms with Crippen LogP contribution in [-0.2, 0) is 10.3 Å². The number of hydrogen-bond donors (Lipinski definition) is 1. The summed E-state index contributed by atoms with van der Waals surface area (Å²) in [5.41, 5.74) is 6.49. The Morgan fingerprint density at radius 2 is 2.07 bits per heavy atom. The standard InChI is InChI=1S/C11H15Cl2NO/c1-3-11(14,7-15-2)8-5-4-6-9(12)10(8)13/h4-6H,3,7,14H2,1-2H3. The molecule has 1 atom stereocenters. The molecule has 1 unspecified atom stereocenters. The van der Waals surface area contributed by atoms with Gasteiger partial charge in [-0.2, -0.15) is 0 Å². The number of halogens is 2. The van der Waals surface area contributed by atoms with Crippen molar-refractivity contribution in [2.45, 2.75) is 18.9 Å². The van der Waals surface area contributed by atoms with Crippen LogP contribution in [0.1, 0.15) is 18.9 Å². The van der Waals surface area contributed by atoms with Gasteiger partial charge in [0.2, 0.25) is 0 Å². The largest absolute Gasteiger partial charge is 0.382 e. The molecular formula is C11H15Cl2NO. The first-order chi connectivity index (χ1) is 7.05. The summed E-state index contributed by atoms with van der Waals surface area (Å²) >= 11 is 12.1. The van der Waals surface area contributed by atoms with E-state index in [2.05, 4.69) is 0 Å². The van der Waals surface area contributed by atoms with Crippen molar-refractivity contribution in [1.82, 2.24) is 0 Å². The van der Waals surface area contributed by atoms with Crippen LogP contribution in [0, 0.1) is 0 Å². The molecule has 0 spiro atoms. The molecule has 2 N–H and O–H groups in total. The fourth-order valence-corrected chi connectivity index (χ4v) is 2.00. The van der Waals surface area contributed by atoms with Gasteiger partial charge in [-0.25, -0.2) is 0 Å². The Balaban J connectivity index is 3.17. The average Bonchev–Trinajstić information content (AvgIpc) is 2.22. The van der Waals surface area contributed by atoms with Gasteiger partial charge in [-0.1, -0.05) is 42.3 Å². The fraction of sp³-hybridized carbons (Fsp3) is 0.455. The van der Waals surface area contributed by atoms with Gasteiger partial charge >= 0.3 is 0 Å². The minimum Gasteiger partial charge on any atom is -0.382 e. The Morgan fingerprint density at radius 1 is 1.40 bits per heavy atom. The average molecular weight is 248 g/mol. The number of nitrogens with two attached hydrogens (primary N) is 1. The van der Waals surface area contributed by atoms with Crippen LogP contribution in [0.15, 0.2) is 18.2 Å². The van der Waals surface area contributed by atoms with E-state index in [0.29, 0.717) is 16.7 Å². The Bertz CT molecular complexity index is 343. The maximum Gasteiger partial charge on any atom is 0.0684 e. The highest BCUT2D eigenvalue weighted by Gasteiger charge is 2.28. The molecule has 15 heavy (non-hydrogen) atoms. The van der Waals surface area contributed by atoms with E-state index < -0.39 is 5.54 Å². The van der Waals surface area contributed by atoms with Crippen molar-refractivity contribution in [2.75, 3.05) is 13.7 Å². The van der Waals surface area contributed by atoms with E-state index in [1.165, 1.54) is 0 Å². The summed E-state index contributed by atoms with van der Waals surface area (Å²) in [6, 6.07) is 5.48. The van der Waals surface area contributed by atoms with E-state index in [-0.39, 0.29) is 0 Å². The van der Waals surface area contributed by atoms with E-state index in [1.807, 2.05) is 19.1 Å². The summed E-state index contributed by atoms with van der Waals surface area (Å²) in [5.74, 6) is 0. The van der Waals surface area contributed by atoms with Crippen molar-refractivity contribution in [3.8, 4) is 0 Å². The van der Waals surface area contributed by atoms with Gasteiger partial charge in [-0.3, -0.25) is 0 Å². The number of benzene rings is 1. The molecule has 0 saturated carbocycles. The normalized spacial score (nSPS) is 15.0. The third-order valence-corrected chi connectivity index (χ3v) is 3.34. The van der Waals surface area contributed by atoms with Crippen molar-refractivity contribution in [1.29, 1.82) is 0 Å². The van der Waals surface area contributed by atoms with Gasteiger partial charge in [0.15, 0.2) is 0 Å². The molecule has 1 aromatic carbocycles. The molecule has 0 saturated heterocycles. The molecule has 0 heterocycles. The molecule has 1 rings (SSSR count). The predicted octanol–water partition coefficient (Wildman–Crippen LogP) is 3.20. The summed E-state index contributed by atoms with van der Waals surface area (Å²) < 4.78 is 5.12. The lowest BCUT2D eigenvalue weighted by atomic mass is 9.89. The van der Waals surface area contributed by atoms with Crippen molar-refractivity contribution < 1.29 is 4.74 Å². The third-order valence-electron chi connectivity index (χ3n) is 2.52. The van der Waals surface area contributed by atoms with Gasteiger partial charge in [0.05, 0.1) is 22.2 Å². The molecule has 2 nitrogen and oxygen atoms in total. The van der Waals surface area contributed by atoms with Crippen LogP contribution < -0.4 is 5.73 Å². The lowest BCUT2D eigenvalue weighted by Gasteiger charge is -2.29. The fourth-order valence-electron chi connectivity index (χ4n) is 1.52. The molecule has 4 heteroatoms. The second-order valence-corrected chi connectivity index (χ2v) is 4.33. The van der Waals surface area contributed by atoms with Crippen LogP contribution in [0.25, 0.3) is 0 Å². The number of methoxy groups -OCH3 is 1. The maximum atomic E-state index is 6.23. The molecule has 0 aliphatic heterocycles. The number of hydrogen-bond acceptors (Lipinski definition) is 2. The van der Waals surface area contributed by atoms with Crippen LogP contribution in [0.4, 0.5) is 0 Å². The van der Waals surface area contributed by atoms with E-state index in [4.69, 9.17) is 33.7 Å². The van der Waals surface area contributed by atoms with E-state index >= 15 is 0 Å². The molecule has 0 radical (unpaired) electrons. The topological polar surface area (TPSA) is 35.2 Å². The van der Waals surface area contributed by atoms with Gasteiger partial charge < -0.3 is 10.5 Å². The minimum absolute atomic E-state index is 0.420. The van der Waals surface area contributed by atoms with Crippen LogP contribution >= 0.6 is 23.2 Å². The van der Waals surface area contributed by atoms with Crippen LogP contribution in [0.3, 0.4) is 0 Å². The smallest absolute Gasteiger partial charge is 0.0684 e. The molecule has 84 valence electrons. The van der Waals surface area contributed by atoms with Gasteiger partial charge in [0.25, 0.3) is 0 Å². The van der Waals surface area contributed by atoms with E-state index in [1.54, 1.807) is 13.2 Å². The summed E-state index contributed by atoms with van der Waals surface area (Å²) in [4.78, 5) is 0. The Hall–Kier alpha value is -0.280. The zero-order valence-electron chi connectivity index (χ0n) is 8.89. The second-order valence-electron chi connectivity index (χ2n) is 3.54. The van der Waals surface area contributed by atoms with Crippen molar-refractivity contribution in [3.63, 3.8) is 0 Å². The predicted molar refractivity (Wildman–Crippen MR) is 64.5 cm³/mol. The Labute approximate surface area is 100 Å². The van der Waals surface area contributed by atoms with Gasteiger partial charge in [-0.15, -0.1) is 0 Å². The first-order valence-corrected chi connectivity index (χ1v) is 5.53. The number of ether oxygens (including phenoxy) is 1. The first kappa shape index (κ1) is 12.8. The highest BCUT2D eigenvalue weighted by molar-refractivity contribution is 6.42. The summed E-state index contributed by atoms with van der Waals surface area (Å²) in [7, 11) is 1.62. The third kappa shape index (κ3) is 2.64. The van der Waals surface area contributed by atoms with Gasteiger partial charge in [-0.05, 0) is 18.1 Å². The molecule has 0 aromatic heterocycles. The van der Waals surface area contributed by atoms with E-state index in [0.717, 1.165) is 12.0 Å². The molecule has 0 amide bonds. The molecule has 0 aliphatic rings. The van der Waals surface area contributed by atoms with Crippen LogP contribution in [-0.4, -0.2) is 13.7 Å². The van der Waals surface area contributed by atoms with E-state index in [9.17, 15) is 0 Å². The highest BCUT2D eigenvalue weighted by Crippen LogP contribution is 2.33. The van der Waals surface area contributed by atoms with Gasteiger partial charge in [0, 0.05) is 7.11 Å². The highest BCUT2D eigenvalue weighted by atomic mass is 35.5. The zero-order valence-corrected chi connectivity index (χ0v) is 10.4. The van der Waals surface area contributed by atoms with Gasteiger partial charge in [0.1, 0.15) is 0 Å². The second kappa shape index (κ2) is 5.17. The monoisotopic (exact) mass is 247 g/mol. The minimum atomic E-state index is -0.573. The van der Waals surface area contributed by atoms with Crippen LogP contribution in [0.5, 0.6) is 0 Å². The molecule has 1 aromatic rings. The van der Waals surface area contributed by atoms with Crippen molar-refractivity contribution >= 4 is 23.2 Å². The Kier molecular flexibility index (Phi) is 4.41. The van der Waals surface area contributed by atoms with Crippen molar-refractivity contribution in [3.05, 3.63) is 33.8 Å². The summed E-state index contributed by atoms with van der Waals surface area (Å²) in [6.45, 7) is 2.42. The Morgan fingerprint density at radius 3 is 2.60 bits per heavy atom. The molecule has 0 fully saturated rings. The zero-order chi connectivity index (χ0) is 11.5. The lowest BCUT2D eigenvalue weighted by molar-refractivity contribution is 0.129. The summed E-state index contributed by atoms with van der Waals surface area (Å²) in [6.07, 6.45) is 0.737. The quantitative estimate of drug-likeness (QED) is 0.887. The van der Waals surface area contributed by atoms with Crippen LogP contribution in [0.2, 0.25) is 10.0 Å². The maximum absolute atomic E-state index is 6.23. The number of rotatable bonds is 4. The molecular weight excluding hydrogens is 233 g/mol. The lowest BCUT2D eigenvalue weighted by Crippen LogP contribution is -2.40. The first-order valence-electron chi connectivity index (χ1n) is 4.77. The van der Waals surface area contributed by atoms with Crippen molar-refractivity contribution in [2.24, 2.45) is 5.73 Å². The molecule has 0 bridgehead atoms. The molecule has 0 aliphatic carbocycles. The summed E-state index contributed by atoms with van der Waals surface area (Å²) in [5, 5.41) is 1.04. The SMILES string of the molecule is CCC(N)(COC)c1cccc(Cl)c1Cl.